The summed E-state index contributed by atoms with van der Waals surface area (Å²) in [6.45, 7) is 0.298. The third-order valence-electron chi connectivity index (χ3n) is 11.7. The van der Waals surface area contributed by atoms with Crippen molar-refractivity contribution in [3.05, 3.63) is 184 Å². The highest BCUT2D eigenvalue weighted by atomic mass is 19.4. The lowest BCUT2D eigenvalue weighted by atomic mass is 9.12. The molecule has 0 saturated heterocycles. The Balaban J connectivity index is 0.000000424. The SMILES string of the molecule is COC(=O)C(C(=O)OC)=C(C[n+]1ccncc1)c1ccccc1.FC(F)(F)c1cc([B-](c2cc(C(F)(F)F)cc(C(F)(F)F)c2)(c2cc(C(F)(F)F)cc(C(F)(F)F)c2)c2cc(C(F)(F)F)cc(C(F)(F)F)c2)cc(C(F)(F)F)c1. The fourth-order valence-electron chi connectivity index (χ4n) is 8.19. The fraction of sp³-hybridized carbons (Fsp3) is 0.224. The van der Waals surface area contributed by atoms with Gasteiger partial charge >= 0.3 is 61.3 Å². The second-order valence-electron chi connectivity index (χ2n) is 16.8. The van der Waals surface area contributed by atoms with Crippen LogP contribution in [0.3, 0.4) is 0 Å². The van der Waals surface area contributed by atoms with E-state index in [1.165, 1.54) is 14.2 Å². The highest BCUT2D eigenvalue weighted by Crippen LogP contribution is 2.41. The van der Waals surface area contributed by atoms with E-state index in [0.717, 1.165) is 5.56 Å². The number of halogens is 24. The molecule has 0 amide bonds. The van der Waals surface area contributed by atoms with Crippen LogP contribution >= 0.6 is 0 Å². The van der Waals surface area contributed by atoms with Crippen molar-refractivity contribution in [3.8, 4) is 0 Å². The maximum Gasteiger partial charge on any atom is 0.416 e. The normalized spacial score (nSPS) is 13.0. The molecule has 0 unspecified atom stereocenters. The molecule has 0 spiro atoms. The summed E-state index contributed by atoms with van der Waals surface area (Å²) in [6.07, 6.45) is -48.1. The minimum Gasteiger partial charge on any atom is -0.465 e. The van der Waals surface area contributed by atoms with E-state index in [9.17, 15) is 115 Å². The van der Waals surface area contributed by atoms with Gasteiger partial charge in [0.1, 0.15) is 6.15 Å². The predicted molar refractivity (Wildman–Crippen MR) is 232 cm³/mol. The molecule has 0 atom stereocenters. The molecular formula is C49H29BF24N2O4. The first kappa shape index (κ1) is 63.1. The summed E-state index contributed by atoms with van der Waals surface area (Å²) in [5, 5.41) is 0. The van der Waals surface area contributed by atoms with Gasteiger partial charge in [-0.25, -0.2) is 9.59 Å². The number of alkyl halides is 24. The quantitative estimate of drug-likeness (QED) is 0.0274. The van der Waals surface area contributed by atoms with Gasteiger partial charge in [0, 0.05) is 5.57 Å². The number of allylic oxidation sites excluding steroid dienone is 1. The molecule has 6 aromatic rings. The van der Waals surface area contributed by atoms with Crippen molar-refractivity contribution in [2.24, 2.45) is 0 Å². The van der Waals surface area contributed by atoms with Crippen molar-refractivity contribution in [2.75, 3.05) is 14.2 Å². The van der Waals surface area contributed by atoms with Crippen LogP contribution in [0.1, 0.15) is 50.1 Å². The van der Waals surface area contributed by atoms with Crippen LogP contribution in [0.25, 0.3) is 5.57 Å². The Morgan fingerprint density at radius 2 is 0.637 bits per heavy atom. The molecule has 0 aliphatic carbocycles. The van der Waals surface area contributed by atoms with Gasteiger partial charge in [-0.05, 0) is 29.8 Å². The lowest BCUT2D eigenvalue weighted by Crippen LogP contribution is -2.75. The molecule has 0 bridgehead atoms. The number of hydrogen-bond donors (Lipinski definition) is 0. The molecule has 0 fully saturated rings. The minimum atomic E-state index is -6.13. The van der Waals surface area contributed by atoms with Crippen LogP contribution in [-0.4, -0.2) is 37.3 Å². The van der Waals surface area contributed by atoms with Crippen LogP contribution in [0.4, 0.5) is 105 Å². The number of ether oxygens (including phenoxy) is 2. The molecule has 430 valence electrons. The van der Waals surface area contributed by atoms with E-state index in [-0.39, 0.29) is 5.57 Å². The molecule has 31 heteroatoms. The van der Waals surface area contributed by atoms with Crippen LogP contribution in [0, 0.1) is 0 Å². The highest BCUT2D eigenvalue weighted by Gasteiger charge is 2.47. The molecular weight excluding hydrogens is 1150 g/mol. The van der Waals surface area contributed by atoms with Crippen LogP contribution < -0.4 is 26.4 Å². The van der Waals surface area contributed by atoms with Gasteiger partial charge in [0.05, 0.1) is 71.1 Å². The average molecular weight is 1180 g/mol. The maximum atomic E-state index is 14.2. The zero-order valence-electron chi connectivity index (χ0n) is 39.5. The summed E-state index contributed by atoms with van der Waals surface area (Å²) in [4.78, 5) is 28.2. The van der Waals surface area contributed by atoms with Crippen molar-refractivity contribution in [3.63, 3.8) is 0 Å². The van der Waals surface area contributed by atoms with E-state index in [1.54, 1.807) is 29.4 Å². The van der Waals surface area contributed by atoms with E-state index in [2.05, 4.69) is 4.98 Å². The number of rotatable bonds is 9. The molecule has 0 aliphatic heterocycles. The van der Waals surface area contributed by atoms with Crippen LogP contribution in [-0.2, 0) is 75.0 Å². The topological polar surface area (TPSA) is 69.4 Å². The first-order chi connectivity index (χ1) is 36.4. The zero-order chi connectivity index (χ0) is 60.6. The summed E-state index contributed by atoms with van der Waals surface area (Å²) in [5.41, 5.74) is -29.1. The number of carbonyl (C=O) groups excluding carboxylic acids is 2. The number of benzene rings is 5. The number of carbonyl (C=O) groups is 2. The molecule has 0 radical (unpaired) electrons. The van der Waals surface area contributed by atoms with Gasteiger partial charge in [0.2, 0.25) is 0 Å². The molecule has 5 aromatic carbocycles. The Hall–Kier alpha value is -7.76. The largest absolute Gasteiger partial charge is 0.465 e. The van der Waals surface area contributed by atoms with Gasteiger partial charge < -0.3 is 9.47 Å². The lowest BCUT2D eigenvalue weighted by molar-refractivity contribution is -0.684. The maximum absolute atomic E-state index is 14.2. The Bertz CT molecular complexity index is 2790. The van der Waals surface area contributed by atoms with Gasteiger partial charge in [-0.2, -0.15) is 132 Å². The van der Waals surface area contributed by atoms with Gasteiger partial charge in [0.25, 0.3) is 0 Å². The van der Waals surface area contributed by atoms with E-state index in [0.29, 0.717) is 12.1 Å². The van der Waals surface area contributed by atoms with Gasteiger partial charge in [-0.15, -0.1) is 0 Å². The summed E-state index contributed by atoms with van der Waals surface area (Å²) in [5.74, 6) is -1.46. The standard InChI is InChI=1S/C32H12BF24.C17H17N2O4/c34-25(35,36)13-1-14(26(37,38)39)6-21(5-13)33(22-7-15(27(40,41)42)2-16(8-22)28(43,44)45,23-9-17(29(46,47)48)3-18(10-23)30(49,50)51)24-11-19(31(52,53)54)4-20(12-24)32(55,56)57;1-22-16(20)15(17(21)23-2)14(13-6-4-3-5-7-13)12-19-10-8-18-9-11-19/h1-12H;3-11H,12H2,1-2H3/q-1;+1. The smallest absolute Gasteiger partial charge is 0.416 e. The Labute approximate surface area is 432 Å². The summed E-state index contributed by atoms with van der Waals surface area (Å²) < 4.78 is 352. The number of esters is 2. The molecule has 6 nitrogen and oxygen atoms in total. The molecule has 0 aliphatic rings. The lowest BCUT2D eigenvalue weighted by Gasteiger charge is -2.46. The molecule has 80 heavy (non-hydrogen) atoms. The number of methoxy groups -OCH3 is 2. The van der Waals surface area contributed by atoms with Crippen LogP contribution in [0.15, 0.2) is 133 Å². The third kappa shape index (κ3) is 14.5. The van der Waals surface area contributed by atoms with Crippen molar-refractivity contribution in [2.45, 2.75) is 56.0 Å². The average Bonchev–Trinajstić information content (AvgIpc) is 3.34. The van der Waals surface area contributed by atoms with Gasteiger partial charge in [-0.3, -0.25) is 4.98 Å². The predicted octanol–water partition coefficient (Wildman–Crippen LogP) is 12.4. The fourth-order valence-corrected chi connectivity index (χ4v) is 8.19. The van der Waals surface area contributed by atoms with E-state index >= 15 is 0 Å². The number of aromatic nitrogens is 2. The van der Waals surface area contributed by atoms with E-state index in [4.69, 9.17) is 9.47 Å². The summed E-state index contributed by atoms with van der Waals surface area (Å²) in [6, 6.07) is 0.356. The van der Waals surface area contributed by atoms with Gasteiger partial charge in [-0.1, -0.05) is 78.9 Å². The number of hydrogen-bond acceptors (Lipinski definition) is 5. The van der Waals surface area contributed by atoms with Crippen LogP contribution in [0.2, 0.25) is 0 Å². The monoisotopic (exact) mass is 1180 g/mol. The molecule has 0 saturated carbocycles. The van der Waals surface area contributed by atoms with Gasteiger partial charge in [0.15, 0.2) is 24.5 Å². The Morgan fingerprint density at radius 1 is 0.400 bits per heavy atom. The first-order valence-corrected chi connectivity index (χ1v) is 21.5. The van der Waals surface area contributed by atoms with E-state index < -0.39 is 207 Å². The molecule has 1 heterocycles. The zero-order valence-corrected chi connectivity index (χ0v) is 39.5. The summed E-state index contributed by atoms with van der Waals surface area (Å²) in [7, 11) is 2.46. The highest BCUT2D eigenvalue weighted by molar-refractivity contribution is 7.20. The molecule has 1 aromatic heterocycles. The Kier molecular flexibility index (Phi) is 17.7. The second-order valence-corrected chi connectivity index (χ2v) is 16.8. The Morgan fingerprint density at radius 3 is 0.850 bits per heavy atom. The third-order valence-corrected chi connectivity index (χ3v) is 11.7. The summed E-state index contributed by atoms with van der Waals surface area (Å²) >= 11 is 0. The van der Waals surface area contributed by atoms with Crippen molar-refractivity contribution in [1.29, 1.82) is 0 Å². The number of nitrogens with zero attached hydrogens (tertiary/aromatic N) is 2. The molecule has 0 N–H and O–H groups in total. The molecule has 6 rings (SSSR count). The van der Waals surface area contributed by atoms with E-state index in [1.807, 2.05) is 30.3 Å². The van der Waals surface area contributed by atoms with Crippen LogP contribution in [0.5, 0.6) is 0 Å². The first-order valence-electron chi connectivity index (χ1n) is 21.5. The van der Waals surface area contributed by atoms with Crippen molar-refractivity contribution < 1.29 is 129 Å². The second kappa shape index (κ2) is 22.4. The van der Waals surface area contributed by atoms with Crippen molar-refractivity contribution in [1.82, 2.24) is 4.98 Å². The van der Waals surface area contributed by atoms with Crippen molar-refractivity contribution >= 4 is 45.5 Å². The minimum absolute atomic E-state index is 0.120.